The van der Waals surface area contributed by atoms with Gasteiger partial charge in [0.05, 0.1) is 13.2 Å². The summed E-state index contributed by atoms with van der Waals surface area (Å²) in [5.74, 6) is 0.625. The van der Waals surface area contributed by atoms with Gasteiger partial charge in [0, 0.05) is 0 Å². The minimum Gasteiger partial charge on any atom is -0.393 e. The lowest BCUT2D eigenvalue weighted by Gasteiger charge is -2.09. The first kappa shape index (κ1) is 7.03. The van der Waals surface area contributed by atoms with Crippen LogP contribution in [0.3, 0.4) is 0 Å². The molecule has 0 aliphatic carbocycles. The highest BCUT2D eigenvalue weighted by molar-refractivity contribution is 4.91. The predicted octanol–water partition coefficient (Wildman–Crippen LogP) is 0.794. The highest BCUT2D eigenvalue weighted by Gasteiger charge is 2.44. The number of hydrogen-bond acceptors (Lipinski definition) is 2. The molecule has 2 nitrogen and oxygen atoms in total. The molecule has 0 aromatic rings. The molecule has 0 amide bonds. The summed E-state index contributed by atoms with van der Waals surface area (Å²) in [6.07, 6.45) is 0.990. The summed E-state index contributed by atoms with van der Waals surface area (Å²) in [6.45, 7) is 5.21. The van der Waals surface area contributed by atoms with Gasteiger partial charge in [0.2, 0.25) is 0 Å². The molecule has 1 aliphatic heterocycles. The van der Waals surface area contributed by atoms with Gasteiger partial charge in [-0.1, -0.05) is 13.8 Å². The lowest BCUT2D eigenvalue weighted by Crippen LogP contribution is -2.18. The standard InChI is InChI=1S/C7H14O2/c1-6(2)3-7(4-8)5-9-7/h6,8H,3-5H2,1-2H3. The molecular formula is C7H14O2. The van der Waals surface area contributed by atoms with Crippen molar-refractivity contribution in [2.45, 2.75) is 25.9 Å². The molecule has 54 valence electrons. The minimum absolute atomic E-state index is 0.131. The summed E-state index contributed by atoms with van der Waals surface area (Å²) in [7, 11) is 0. The fraction of sp³-hybridized carbons (Fsp3) is 1.00. The number of aliphatic hydroxyl groups is 1. The zero-order valence-electron chi connectivity index (χ0n) is 6.05. The Labute approximate surface area is 55.8 Å². The second-order valence-electron chi connectivity index (χ2n) is 3.23. The quantitative estimate of drug-likeness (QED) is 0.573. The molecule has 0 spiro atoms. The second-order valence-corrected chi connectivity index (χ2v) is 3.23. The number of hydrogen-bond donors (Lipinski definition) is 1. The van der Waals surface area contributed by atoms with E-state index in [-0.39, 0.29) is 12.2 Å². The Hall–Kier alpha value is -0.0800. The van der Waals surface area contributed by atoms with E-state index in [1.54, 1.807) is 0 Å². The van der Waals surface area contributed by atoms with Gasteiger partial charge in [0.15, 0.2) is 0 Å². The Balaban J connectivity index is 2.25. The summed E-state index contributed by atoms with van der Waals surface area (Å²) in [6, 6.07) is 0. The minimum atomic E-state index is -0.131. The third-order valence-corrected chi connectivity index (χ3v) is 1.62. The van der Waals surface area contributed by atoms with E-state index in [2.05, 4.69) is 13.8 Å². The number of ether oxygens (including phenoxy) is 1. The normalized spacial score (nSPS) is 33.3. The molecule has 0 aromatic carbocycles. The van der Waals surface area contributed by atoms with Crippen LogP contribution in [-0.4, -0.2) is 23.9 Å². The highest BCUT2D eigenvalue weighted by Crippen LogP contribution is 2.32. The molecule has 1 N–H and O–H groups in total. The van der Waals surface area contributed by atoms with Gasteiger partial charge in [0.25, 0.3) is 0 Å². The van der Waals surface area contributed by atoms with E-state index in [0.717, 1.165) is 13.0 Å². The first-order valence-corrected chi connectivity index (χ1v) is 3.43. The predicted molar refractivity (Wildman–Crippen MR) is 35.2 cm³/mol. The van der Waals surface area contributed by atoms with Gasteiger partial charge in [-0.05, 0) is 12.3 Å². The Morgan fingerprint density at radius 3 is 2.33 bits per heavy atom. The van der Waals surface area contributed by atoms with E-state index in [1.165, 1.54) is 0 Å². The number of aliphatic hydroxyl groups excluding tert-OH is 1. The zero-order chi connectivity index (χ0) is 6.91. The third kappa shape index (κ3) is 1.66. The van der Waals surface area contributed by atoms with Crippen molar-refractivity contribution in [3.63, 3.8) is 0 Å². The summed E-state index contributed by atoms with van der Waals surface area (Å²) in [4.78, 5) is 0. The van der Waals surface area contributed by atoms with Crippen LogP contribution >= 0.6 is 0 Å². The lowest BCUT2D eigenvalue weighted by molar-refractivity contribution is 0.152. The maximum atomic E-state index is 8.78. The van der Waals surface area contributed by atoms with Crippen molar-refractivity contribution in [2.24, 2.45) is 5.92 Å². The van der Waals surface area contributed by atoms with Crippen LogP contribution in [0.5, 0.6) is 0 Å². The fourth-order valence-electron chi connectivity index (χ4n) is 1.12. The average molecular weight is 130 g/mol. The molecule has 1 fully saturated rings. The van der Waals surface area contributed by atoms with Crippen molar-refractivity contribution in [1.82, 2.24) is 0 Å². The van der Waals surface area contributed by atoms with Crippen molar-refractivity contribution in [1.29, 1.82) is 0 Å². The molecule has 9 heavy (non-hydrogen) atoms. The molecule has 1 heterocycles. The van der Waals surface area contributed by atoms with Gasteiger partial charge in [0.1, 0.15) is 5.60 Å². The van der Waals surface area contributed by atoms with Crippen LogP contribution in [0.1, 0.15) is 20.3 Å². The Morgan fingerprint density at radius 1 is 1.67 bits per heavy atom. The van der Waals surface area contributed by atoms with Crippen LogP contribution in [0.2, 0.25) is 0 Å². The van der Waals surface area contributed by atoms with Crippen LogP contribution in [0.25, 0.3) is 0 Å². The largest absolute Gasteiger partial charge is 0.393 e. The lowest BCUT2D eigenvalue weighted by atomic mass is 9.99. The van der Waals surface area contributed by atoms with Crippen LogP contribution in [0.4, 0.5) is 0 Å². The summed E-state index contributed by atoms with van der Waals surface area (Å²) >= 11 is 0. The summed E-state index contributed by atoms with van der Waals surface area (Å²) < 4.78 is 5.11. The van der Waals surface area contributed by atoms with Gasteiger partial charge in [-0.15, -0.1) is 0 Å². The van der Waals surface area contributed by atoms with Crippen molar-refractivity contribution in [2.75, 3.05) is 13.2 Å². The highest BCUT2D eigenvalue weighted by atomic mass is 16.6. The molecule has 1 unspecified atom stereocenters. The molecular weight excluding hydrogens is 116 g/mol. The van der Waals surface area contributed by atoms with Crippen LogP contribution < -0.4 is 0 Å². The maximum absolute atomic E-state index is 8.78. The molecule has 1 saturated heterocycles. The fourth-order valence-corrected chi connectivity index (χ4v) is 1.12. The molecule has 2 heteroatoms. The van der Waals surface area contributed by atoms with E-state index in [9.17, 15) is 0 Å². The smallest absolute Gasteiger partial charge is 0.115 e. The molecule has 0 aromatic heterocycles. The summed E-state index contributed by atoms with van der Waals surface area (Å²) in [5.41, 5.74) is -0.131. The zero-order valence-corrected chi connectivity index (χ0v) is 6.05. The van der Waals surface area contributed by atoms with E-state index in [4.69, 9.17) is 9.84 Å². The van der Waals surface area contributed by atoms with Gasteiger partial charge >= 0.3 is 0 Å². The van der Waals surface area contributed by atoms with Crippen molar-refractivity contribution in [3.8, 4) is 0 Å². The van der Waals surface area contributed by atoms with E-state index >= 15 is 0 Å². The van der Waals surface area contributed by atoms with Gasteiger partial charge in [-0.2, -0.15) is 0 Å². The van der Waals surface area contributed by atoms with E-state index in [0.29, 0.717) is 5.92 Å². The van der Waals surface area contributed by atoms with Crippen LogP contribution in [0.15, 0.2) is 0 Å². The van der Waals surface area contributed by atoms with E-state index < -0.39 is 0 Å². The third-order valence-electron chi connectivity index (χ3n) is 1.62. The first-order valence-electron chi connectivity index (χ1n) is 3.43. The average Bonchev–Trinajstić information content (AvgIpc) is 2.48. The summed E-state index contributed by atoms with van der Waals surface area (Å²) in [5, 5.41) is 8.78. The Kier molecular flexibility index (Phi) is 1.78. The van der Waals surface area contributed by atoms with Crippen LogP contribution in [0, 0.1) is 5.92 Å². The first-order chi connectivity index (χ1) is 4.18. The van der Waals surface area contributed by atoms with Crippen LogP contribution in [-0.2, 0) is 4.74 Å². The van der Waals surface area contributed by atoms with Crippen molar-refractivity contribution >= 4 is 0 Å². The number of rotatable bonds is 3. The van der Waals surface area contributed by atoms with Gasteiger partial charge in [-0.3, -0.25) is 0 Å². The van der Waals surface area contributed by atoms with Gasteiger partial charge in [-0.25, -0.2) is 0 Å². The number of epoxide rings is 1. The van der Waals surface area contributed by atoms with Crippen molar-refractivity contribution < 1.29 is 9.84 Å². The van der Waals surface area contributed by atoms with Crippen molar-refractivity contribution in [3.05, 3.63) is 0 Å². The Bertz CT molecular complexity index is 95.1. The SMILES string of the molecule is CC(C)CC1(CO)CO1. The van der Waals surface area contributed by atoms with E-state index in [1.807, 2.05) is 0 Å². The second kappa shape index (κ2) is 2.27. The molecule has 0 bridgehead atoms. The molecule has 1 atom stereocenters. The molecule has 0 saturated carbocycles. The monoisotopic (exact) mass is 130 g/mol. The molecule has 0 radical (unpaired) electrons. The maximum Gasteiger partial charge on any atom is 0.115 e. The molecule has 1 aliphatic rings. The topological polar surface area (TPSA) is 32.8 Å². The van der Waals surface area contributed by atoms with Gasteiger partial charge < -0.3 is 9.84 Å². The molecule has 1 rings (SSSR count). The Morgan fingerprint density at radius 2 is 2.22 bits per heavy atom.